The van der Waals surface area contributed by atoms with Gasteiger partial charge in [-0.25, -0.2) is 8.78 Å². The summed E-state index contributed by atoms with van der Waals surface area (Å²) in [4.78, 5) is 3.85. The van der Waals surface area contributed by atoms with E-state index in [4.69, 9.17) is 11.6 Å². The lowest BCUT2D eigenvalue weighted by Crippen LogP contribution is -2.42. The second kappa shape index (κ2) is 9.54. The Morgan fingerprint density at radius 1 is 1.23 bits per heavy atom. The number of rotatable bonds is 5. The Morgan fingerprint density at radius 2 is 1.91 bits per heavy atom. The highest BCUT2D eigenvalue weighted by Gasteiger charge is 2.57. The number of allylic oxidation sites excluding steroid dienone is 1. The van der Waals surface area contributed by atoms with Gasteiger partial charge in [0.05, 0.1) is 16.2 Å². The molecule has 11 heteroatoms. The molecule has 3 aliphatic rings. The van der Waals surface area contributed by atoms with E-state index in [1.54, 1.807) is 11.1 Å². The summed E-state index contributed by atoms with van der Waals surface area (Å²) in [6, 6.07) is 3.55. The average Bonchev–Trinajstić information content (AvgIpc) is 3.47. The van der Waals surface area contributed by atoms with Gasteiger partial charge < -0.3 is 14.9 Å². The number of halogens is 6. The highest BCUT2D eigenvalue weighted by atomic mass is 35.5. The molecular formula is C24H26ClF5N4O. The lowest BCUT2D eigenvalue weighted by atomic mass is 9.83. The summed E-state index contributed by atoms with van der Waals surface area (Å²) in [6.45, 7) is 4.64. The zero-order chi connectivity index (χ0) is 25.4. The Morgan fingerprint density at radius 3 is 2.51 bits per heavy atom. The van der Waals surface area contributed by atoms with Crippen molar-refractivity contribution in [2.75, 3.05) is 19.6 Å². The predicted octanol–water partition coefficient (Wildman–Crippen LogP) is 5.80. The molecule has 1 saturated heterocycles. The van der Waals surface area contributed by atoms with Gasteiger partial charge in [-0.3, -0.25) is 0 Å². The zero-order valence-corrected chi connectivity index (χ0v) is 19.7. The fourth-order valence-corrected chi connectivity index (χ4v) is 4.82. The number of aliphatic hydroxyl groups is 1. The molecule has 1 saturated carbocycles. The third-order valence-corrected chi connectivity index (χ3v) is 7.17. The topological polar surface area (TPSA) is 51.4 Å². The van der Waals surface area contributed by atoms with Crippen molar-refractivity contribution >= 4 is 24.2 Å². The number of benzene rings is 1. The van der Waals surface area contributed by atoms with Crippen molar-refractivity contribution in [2.45, 2.75) is 49.8 Å². The first kappa shape index (κ1) is 25.6. The molecule has 2 aliphatic heterocycles. The number of piperidine rings is 1. The Bertz CT molecular complexity index is 1060. The van der Waals surface area contributed by atoms with Crippen LogP contribution in [0.25, 0.3) is 0 Å². The number of likely N-dealkylation sites (tertiary alicyclic amines) is 1. The van der Waals surface area contributed by atoms with Crippen LogP contribution in [0.5, 0.6) is 0 Å². The SMILES string of the molecule is C=N/N=C(/CC1CC1(F)F)N1C=CCC(N2CCC(O)(c3ccc(Cl)c(C(F)(F)F)c3)CC2)=CC1. The van der Waals surface area contributed by atoms with Gasteiger partial charge in [-0.2, -0.15) is 18.3 Å². The Balaban J connectivity index is 1.42. The number of hydrogen-bond donors (Lipinski definition) is 1. The molecule has 1 aliphatic carbocycles. The molecule has 1 aromatic carbocycles. The maximum Gasteiger partial charge on any atom is 0.417 e. The number of nitrogens with zero attached hydrogens (tertiary/aromatic N) is 4. The van der Waals surface area contributed by atoms with Gasteiger partial charge in [0.1, 0.15) is 5.84 Å². The minimum Gasteiger partial charge on any atom is -0.385 e. The lowest BCUT2D eigenvalue weighted by Gasteiger charge is -2.40. The lowest BCUT2D eigenvalue weighted by molar-refractivity contribution is -0.137. The Hall–Kier alpha value is -2.46. The van der Waals surface area contributed by atoms with Crippen LogP contribution >= 0.6 is 11.6 Å². The predicted molar refractivity (Wildman–Crippen MR) is 124 cm³/mol. The van der Waals surface area contributed by atoms with Gasteiger partial charge in [-0.15, -0.1) is 5.10 Å². The van der Waals surface area contributed by atoms with E-state index in [-0.39, 0.29) is 31.2 Å². The molecule has 1 atom stereocenters. The number of alkyl halides is 5. The normalized spacial score (nSPS) is 24.1. The summed E-state index contributed by atoms with van der Waals surface area (Å²) >= 11 is 5.72. The summed E-state index contributed by atoms with van der Waals surface area (Å²) in [5, 5.41) is 18.2. The largest absolute Gasteiger partial charge is 0.417 e. The molecule has 1 unspecified atom stereocenters. The van der Waals surface area contributed by atoms with Gasteiger partial charge in [0.15, 0.2) is 0 Å². The van der Waals surface area contributed by atoms with Crippen LogP contribution in [0, 0.1) is 5.92 Å². The van der Waals surface area contributed by atoms with Gasteiger partial charge in [-0.05, 0) is 36.6 Å². The van der Waals surface area contributed by atoms with Crippen molar-refractivity contribution in [3.63, 3.8) is 0 Å². The molecular weight excluding hydrogens is 491 g/mol. The highest BCUT2D eigenvalue weighted by molar-refractivity contribution is 6.31. The van der Waals surface area contributed by atoms with E-state index >= 15 is 0 Å². The van der Waals surface area contributed by atoms with Crippen molar-refractivity contribution in [2.24, 2.45) is 16.1 Å². The first-order valence-electron chi connectivity index (χ1n) is 11.3. The van der Waals surface area contributed by atoms with E-state index < -0.39 is 34.2 Å². The summed E-state index contributed by atoms with van der Waals surface area (Å²) in [5.74, 6) is -2.98. The van der Waals surface area contributed by atoms with Crippen molar-refractivity contribution in [1.82, 2.24) is 9.80 Å². The van der Waals surface area contributed by atoms with E-state index in [9.17, 15) is 27.1 Å². The van der Waals surface area contributed by atoms with Crippen LogP contribution in [0.3, 0.4) is 0 Å². The standard InChI is InChI=1S/C24H26ClF5N4O/c1-31-32-21(14-17-15-23(17,26)27)34-9-2-3-18(6-10-34)33-11-7-22(35,8-12-33)16-4-5-20(25)19(13-16)24(28,29)30/h2,4-6,9,13,17,35H,1,3,7-8,10-12,14-15H2/b32-21-. The van der Waals surface area contributed by atoms with Crippen LogP contribution in [0.4, 0.5) is 22.0 Å². The van der Waals surface area contributed by atoms with Crippen LogP contribution in [-0.4, -0.2) is 53.0 Å². The first-order valence-corrected chi connectivity index (χ1v) is 11.7. The minimum atomic E-state index is -4.60. The second-order valence-electron chi connectivity index (χ2n) is 9.17. The smallest absolute Gasteiger partial charge is 0.385 e. The molecule has 2 fully saturated rings. The van der Waals surface area contributed by atoms with E-state index in [0.717, 1.165) is 11.8 Å². The molecule has 1 N–H and O–H groups in total. The van der Waals surface area contributed by atoms with Crippen LogP contribution in [0.1, 0.15) is 43.2 Å². The van der Waals surface area contributed by atoms with Crippen molar-refractivity contribution < 1.29 is 27.1 Å². The second-order valence-corrected chi connectivity index (χ2v) is 9.58. The maximum absolute atomic E-state index is 13.4. The van der Waals surface area contributed by atoms with Crippen molar-refractivity contribution in [3.8, 4) is 0 Å². The molecule has 0 spiro atoms. The number of hydrogen-bond acceptors (Lipinski definition) is 4. The molecule has 0 radical (unpaired) electrons. The summed E-state index contributed by atoms with van der Waals surface area (Å²) in [5.41, 5.74) is -1.16. The zero-order valence-electron chi connectivity index (χ0n) is 18.9. The molecule has 35 heavy (non-hydrogen) atoms. The molecule has 0 aromatic heterocycles. The molecule has 0 bridgehead atoms. The highest BCUT2D eigenvalue weighted by Crippen LogP contribution is 2.51. The van der Waals surface area contributed by atoms with Gasteiger partial charge in [0.2, 0.25) is 0 Å². The van der Waals surface area contributed by atoms with Gasteiger partial charge in [0.25, 0.3) is 5.92 Å². The third kappa shape index (κ3) is 5.69. The summed E-state index contributed by atoms with van der Waals surface area (Å²) < 4.78 is 66.6. The average molecular weight is 517 g/mol. The maximum atomic E-state index is 13.4. The summed E-state index contributed by atoms with van der Waals surface area (Å²) in [6.07, 6.45) is 2.10. The van der Waals surface area contributed by atoms with Crippen molar-refractivity contribution in [1.29, 1.82) is 0 Å². The summed E-state index contributed by atoms with van der Waals surface area (Å²) in [7, 11) is 0. The van der Waals surface area contributed by atoms with Crippen LogP contribution in [0.15, 0.2) is 52.5 Å². The van der Waals surface area contributed by atoms with Crippen molar-refractivity contribution in [3.05, 3.63) is 58.4 Å². The van der Waals surface area contributed by atoms with E-state index in [2.05, 4.69) is 21.8 Å². The third-order valence-electron chi connectivity index (χ3n) is 6.84. The fourth-order valence-electron chi connectivity index (χ4n) is 4.59. The van der Waals surface area contributed by atoms with Gasteiger partial charge >= 0.3 is 6.18 Å². The van der Waals surface area contributed by atoms with E-state index in [1.165, 1.54) is 12.1 Å². The number of amidine groups is 1. The minimum absolute atomic E-state index is 0.108. The van der Waals surface area contributed by atoms with Gasteiger partial charge in [0, 0.05) is 63.4 Å². The molecule has 4 rings (SSSR count). The molecule has 0 amide bonds. The molecule has 190 valence electrons. The fraction of sp³-hybridized carbons (Fsp3) is 0.500. The van der Waals surface area contributed by atoms with E-state index in [0.29, 0.717) is 31.9 Å². The van der Waals surface area contributed by atoms with Crippen LogP contribution < -0.4 is 0 Å². The Kier molecular flexibility index (Phi) is 6.98. The van der Waals surface area contributed by atoms with Gasteiger partial charge in [-0.1, -0.05) is 23.7 Å². The molecule has 5 nitrogen and oxygen atoms in total. The first-order chi connectivity index (χ1) is 16.4. The van der Waals surface area contributed by atoms with Crippen LogP contribution in [0.2, 0.25) is 5.02 Å². The Labute approximate surface area is 205 Å². The molecule has 2 heterocycles. The quantitative estimate of drug-likeness (QED) is 0.233. The monoisotopic (exact) mass is 516 g/mol. The molecule has 1 aromatic rings. The van der Waals surface area contributed by atoms with Crippen LogP contribution in [-0.2, 0) is 11.8 Å². The van der Waals surface area contributed by atoms with E-state index in [1.807, 2.05) is 12.2 Å².